The minimum Gasteiger partial charge on any atom is -0.497 e. The predicted octanol–water partition coefficient (Wildman–Crippen LogP) is 2.73. The maximum Gasteiger partial charge on any atom is 0.231 e. The molecule has 7 atom stereocenters. The third kappa shape index (κ3) is 2.70. The summed E-state index contributed by atoms with van der Waals surface area (Å²) < 4.78 is 17.2. The van der Waals surface area contributed by atoms with E-state index in [1.54, 1.807) is 54.7 Å². The second-order valence-corrected chi connectivity index (χ2v) is 9.20. The van der Waals surface area contributed by atoms with Crippen LogP contribution >= 0.6 is 0 Å². The van der Waals surface area contributed by atoms with Crippen LogP contribution in [-0.2, 0) is 19.1 Å². The molecule has 1 aromatic carbocycles. The van der Waals surface area contributed by atoms with Gasteiger partial charge < -0.3 is 24.1 Å². The lowest BCUT2D eigenvalue weighted by molar-refractivity contribution is -0.147. The number of furan rings is 1. The van der Waals surface area contributed by atoms with Crippen LogP contribution < -0.4 is 10.1 Å². The molecule has 3 fully saturated rings. The molecule has 33 heavy (non-hydrogen) atoms. The van der Waals surface area contributed by atoms with E-state index in [1.165, 1.54) is 0 Å². The molecule has 1 N–H and O–H groups in total. The number of methoxy groups -OCH3 is 1. The van der Waals surface area contributed by atoms with Crippen molar-refractivity contribution in [2.45, 2.75) is 37.1 Å². The first-order chi connectivity index (χ1) is 15.9. The van der Waals surface area contributed by atoms with Crippen molar-refractivity contribution in [3.63, 3.8) is 0 Å². The molecule has 4 aliphatic heterocycles. The van der Waals surface area contributed by atoms with Gasteiger partial charge in [-0.05, 0) is 24.3 Å². The first-order valence-electron chi connectivity index (χ1n) is 11.1. The van der Waals surface area contributed by atoms with Crippen LogP contribution in [0.5, 0.6) is 5.75 Å². The highest BCUT2D eigenvalue weighted by Crippen LogP contribution is 2.60. The minimum absolute atomic E-state index is 0.0604. The molecule has 2 aromatic rings. The summed E-state index contributed by atoms with van der Waals surface area (Å²) in [7, 11) is 1.56. The first kappa shape index (κ1) is 20.2. The minimum atomic E-state index is -1.00. The lowest BCUT2D eigenvalue weighted by Crippen LogP contribution is -2.55. The molecular formula is C25H24N2O6. The third-order valence-electron chi connectivity index (χ3n) is 7.59. The van der Waals surface area contributed by atoms with Gasteiger partial charge in [0.2, 0.25) is 11.8 Å². The third-order valence-corrected chi connectivity index (χ3v) is 7.59. The van der Waals surface area contributed by atoms with E-state index in [0.29, 0.717) is 17.2 Å². The Kier molecular flexibility index (Phi) is 4.32. The van der Waals surface area contributed by atoms with E-state index in [0.717, 1.165) is 0 Å². The molecule has 8 heteroatoms. The van der Waals surface area contributed by atoms with Crippen LogP contribution in [0.2, 0.25) is 0 Å². The highest BCUT2D eigenvalue weighted by Gasteiger charge is 2.74. The lowest BCUT2D eigenvalue weighted by atomic mass is 9.70. The Morgan fingerprint density at radius 1 is 1.24 bits per heavy atom. The fourth-order valence-corrected chi connectivity index (χ4v) is 6.19. The number of hydrogen-bond acceptors (Lipinski definition) is 6. The van der Waals surface area contributed by atoms with Gasteiger partial charge in [0, 0.05) is 24.1 Å². The van der Waals surface area contributed by atoms with Crippen LogP contribution in [0.3, 0.4) is 0 Å². The van der Waals surface area contributed by atoms with Gasteiger partial charge >= 0.3 is 0 Å². The number of amides is 2. The molecule has 1 aromatic heterocycles. The Morgan fingerprint density at radius 3 is 2.85 bits per heavy atom. The van der Waals surface area contributed by atoms with Crippen molar-refractivity contribution in [3.05, 3.63) is 60.6 Å². The SMILES string of the molecule is COc1cccc(NC(=O)C2[C@@H]3C=C[C@@]4(O3)C3C(C)C(=O)CC(c5ccco5)N3C(=O)[C@H]24)c1. The van der Waals surface area contributed by atoms with Gasteiger partial charge in [-0.1, -0.05) is 25.1 Å². The smallest absolute Gasteiger partial charge is 0.231 e. The zero-order chi connectivity index (χ0) is 22.9. The van der Waals surface area contributed by atoms with Gasteiger partial charge in [0.25, 0.3) is 0 Å². The van der Waals surface area contributed by atoms with Gasteiger partial charge in [0.05, 0.1) is 43.4 Å². The second-order valence-electron chi connectivity index (χ2n) is 9.20. The fraction of sp³-hybridized carbons (Fsp3) is 0.400. The zero-order valence-corrected chi connectivity index (χ0v) is 18.3. The summed E-state index contributed by atoms with van der Waals surface area (Å²) in [5.41, 5.74) is -0.418. The van der Waals surface area contributed by atoms with Gasteiger partial charge in [-0.2, -0.15) is 0 Å². The van der Waals surface area contributed by atoms with Crippen LogP contribution in [0.4, 0.5) is 5.69 Å². The number of nitrogens with zero attached hydrogens (tertiary/aromatic N) is 1. The molecule has 170 valence electrons. The van der Waals surface area contributed by atoms with Crippen LogP contribution in [0.15, 0.2) is 59.2 Å². The Bertz CT molecular complexity index is 1170. The van der Waals surface area contributed by atoms with Crippen molar-refractivity contribution in [2.75, 3.05) is 12.4 Å². The summed E-state index contributed by atoms with van der Waals surface area (Å²) in [5.74, 6) is -1.01. The van der Waals surface area contributed by atoms with E-state index in [9.17, 15) is 14.4 Å². The summed E-state index contributed by atoms with van der Waals surface area (Å²) in [6.07, 6.45) is 4.97. The topological polar surface area (TPSA) is 98.1 Å². The summed E-state index contributed by atoms with van der Waals surface area (Å²) >= 11 is 0. The highest BCUT2D eigenvalue weighted by atomic mass is 16.5. The number of piperidine rings is 1. The molecule has 3 saturated heterocycles. The van der Waals surface area contributed by atoms with Gasteiger partial charge in [0.15, 0.2) is 0 Å². The van der Waals surface area contributed by atoms with Crippen LogP contribution in [0.25, 0.3) is 0 Å². The van der Waals surface area contributed by atoms with Gasteiger partial charge in [-0.15, -0.1) is 0 Å². The number of rotatable bonds is 4. The number of anilines is 1. The molecule has 2 amide bonds. The van der Waals surface area contributed by atoms with E-state index in [4.69, 9.17) is 13.9 Å². The first-order valence-corrected chi connectivity index (χ1v) is 11.1. The number of carbonyl (C=O) groups is 3. The summed E-state index contributed by atoms with van der Waals surface area (Å²) in [6, 6.07) is 9.62. The number of ether oxygens (including phenoxy) is 2. The maximum atomic E-state index is 13.9. The Balaban J connectivity index is 1.37. The number of ketones is 1. The van der Waals surface area contributed by atoms with Crippen LogP contribution in [0.1, 0.15) is 25.1 Å². The molecule has 0 aliphatic carbocycles. The van der Waals surface area contributed by atoms with Crippen molar-refractivity contribution < 1.29 is 28.3 Å². The second kappa shape index (κ2) is 7.05. The van der Waals surface area contributed by atoms with E-state index in [-0.39, 0.29) is 24.0 Å². The summed E-state index contributed by atoms with van der Waals surface area (Å²) in [5, 5.41) is 2.92. The monoisotopic (exact) mass is 448 g/mol. The number of nitrogens with one attached hydrogen (secondary N) is 1. The number of hydrogen-bond donors (Lipinski definition) is 1. The van der Waals surface area contributed by atoms with Crippen LogP contribution in [-0.4, -0.2) is 47.4 Å². The maximum absolute atomic E-state index is 13.9. The largest absolute Gasteiger partial charge is 0.497 e. The number of carbonyl (C=O) groups excluding carboxylic acids is 3. The number of benzene rings is 1. The van der Waals surface area contributed by atoms with Gasteiger partial charge in [0.1, 0.15) is 22.9 Å². The molecule has 4 unspecified atom stereocenters. The molecule has 2 bridgehead atoms. The molecular weight excluding hydrogens is 424 g/mol. The lowest BCUT2D eigenvalue weighted by Gasteiger charge is -2.43. The normalized spacial score (nSPS) is 36.1. The van der Waals surface area contributed by atoms with Crippen molar-refractivity contribution >= 4 is 23.3 Å². The van der Waals surface area contributed by atoms with Gasteiger partial charge in [-0.25, -0.2) is 0 Å². The summed E-state index contributed by atoms with van der Waals surface area (Å²) in [6.45, 7) is 1.84. The molecule has 4 aliphatic rings. The molecule has 0 radical (unpaired) electrons. The molecule has 5 heterocycles. The number of fused-ring (bicyclic) bond motifs is 2. The zero-order valence-electron chi connectivity index (χ0n) is 18.3. The standard InChI is InChI=1S/C25H24N2O6/c1-13-17(28)12-16(18-7-4-10-32-18)27-22(13)25-9-8-19(33-25)20(21(25)24(27)30)23(29)26-14-5-3-6-15(11-14)31-2/h3-11,13,16,19-22H,12H2,1-2H3,(H,26,29)/t13?,16?,19-,20?,21-,22?,25-/m0/s1. The van der Waals surface area contributed by atoms with Gasteiger partial charge in [-0.3, -0.25) is 14.4 Å². The van der Waals surface area contributed by atoms with E-state index in [2.05, 4.69) is 5.32 Å². The van der Waals surface area contributed by atoms with Crippen molar-refractivity contribution in [1.82, 2.24) is 4.90 Å². The molecule has 8 nitrogen and oxygen atoms in total. The fourth-order valence-electron chi connectivity index (χ4n) is 6.19. The predicted molar refractivity (Wildman–Crippen MR) is 116 cm³/mol. The van der Waals surface area contributed by atoms with Crippen LogP contribution in [0, 0.1) is 17.8 Å². The van der Waals surface area contributed by atoms with E-state index in [1.807, 2.05) is 19.1 Å². The average Bonchev–Trinajstić information content (AvgIpc) is 3.58. The quantitative estimate of drug-likeness (QED) is 0.723. The molecule has 0 saturated carbocycles. The van der Waals surface area contributed by atoms with Crippen molar-refractivity contribution in [3.8, 4) is 5.75 Å². The van der Waals surface area contributed by atoms with E-state index >= 15 is 0 Å². The van der Waals surface area contributed by atoms with Crippen molar-refractivity contribution in [1.29, 1.82) is 0 Å². The summed E-state index contributed by atoms with van der Waals surface area (Å²) in [4.78, 5) is 42.0. The van der Waals surface area contributed by atoms with Crippen molar-refractivity contribution in [2.24, 2.45) is 17.8 Å². The Hall–Kier alpha value is -3.39. The van der Waals surface area contributed by atoms with E-state index < -0.39 is 41.5 Å². The molecule has 6 rings (SSSR count). The number of Topliss-reactive ketones (excluding diaryl/α,β-unsaturated/α-hetero) is 1. The molecule has 1 spiro atoms. The Morgan fingerprint density at radius 2 is 2.09 bits per heavy atom. The average molecular weight is 448 g/mol. The Labute approximate surface area is 190 Å². The highest BCUT2D eigenvalue weighted by molar-refractivity contribution is 6.00.